The van der Waals surface area contributed by atoms with Crippen molar-refractivity contribution in [3.63, 3.8) is 0 Å². The van der Waals surface area contributed by atoms with Gasteiger partial charge < -0.3 is 4.74 Å². The molecule has 0 aliphatic carbocycles. The average Bonchev–Trinajstić information content (AvgIpc) is 2.48. The van der Waals surface area contributed by atoms with E-state index >= 15 is 0 Å². The molecule has 0 N–H and O–H groups in total. The highest BCUT2D eigenvalue weighted by molar-refractivity contribution is 6.17. The zero-order valence-corrected chi connectivity index (χ0v) is 12.2. The highest BCUT2D eigenvalue weighted by Gasteiger charge is 2.10. The fraction of sp³-hybridized carbons (Fsp3) is 0.294. The number of hydrogen-bond donors (Lipinski definition) is 0. The molecule has 1 unspecified atom stereocenters. The fourth-order valence-electron chi connectivity index (χ4n) is 1.97. The van der Waals surface area contributed by atoms with Crippen molar-refractivity contribution >= 4 is 11.6 Å². The second kappa shape index (κ2) is 6.63. The molecule has 0 aromatic heterocycles. The van der Waals surface area contributed by atoms with Crippen molar-refractivity contribution in [1.29, 1.82) is 0 Å². The number of hydrogen-bond acceptors (Lipinski definition) is 1. The van der Waals surface area contributed by atoms with Crippen LogP contribution in [0.3, 0.4) is 0 Å². The molecule has 0 aliphatic heterocycles. The average molecular weight is 275 g/mol. The summed E-state index contributed by atoms with van der Waals surface area (Å²) in [5, 5.41) is 0. The van der Waals surface area contributed by atoms with Crippen LogP contribution in [0.2, 0.25) is 0 Å². The first kappa shape index (κ1) is 14.0. The van der Waals surface area contributed by atoms with Gasteiger partial charge >= 0.3 is 0 Å². The Morgan fingerprint density at radius 3 is 2.37 bits per heavy atom. The molecule has 0 bridgehead atoms. The smallest absolute Gasteiger partial charge is 0.130 e. The second-order valence-corrected chi connectivity index (χ2v) is 4.99. The summed E-state index contributed by atoms with van der Waals surface area (Å²) in [5.41, 5.74) is 2.36. The molecule has 0 amide bonds. The summed E-state index contributed by atoms with van der Waals surface area (Å²) < 4.78 is 5.99. The van der Waals surface area contributed by atoms with E-state index in [0.29, 0.717) is 11.8 Å². The molecular weight excluding hydrogens is 256 g/mol. The van der Waals surface area contributed by atoms with Crippen LogP contribution in [0.4, 0.5) is 0 Å². The number of ether oxygens (including phenoxy) is 1. The summed E-state index contributed by atoms with van der Waals surface area (Å²) >= 11 is 5.78. The maximum atomic E-state index is 5.99. The van der Waals surface area contributed by atoms with Crippen molar-refractivity contribution in [3.8, 4) is 11.5 Å². The fourth-order valence-corrected chi connectivity index (χ4v) is 2.15. The minimum atomic E-state index is 0.498. The molecule has 0 saturated heterocycles. The Bertz CT molecular complexity index is 519. The minimum Gasteiger partial charge on any atom is -0.457 e. The molecule has 100 valence electrons. The van der Waals surface area contributed by atoms with Gasteiger partial charge in [-0.2, -0.15) is 0 Å². The molecule has 19 heavy (non-hydrogen) atoms. The summed E-state index contributed by atoms with van der Waals surface area (Å²) in [5.74, 6) is 2.82. The Hall–Kier alpha value is -1.47. The second-order valence-electron chi connectivity index (χ2n) is 4.73. The Balaban J connectivity index is 2.22. The van der Waals surface area contributed by atoms with E-state index in [2.05, 4.69) is 26.0 Å². The summed E-state index contributed by atoms with van der Waals surface area (Å²) in [6.45, 7) is 4.41. The molecule has 0 saturated carbocycles. The van der Waals surface area contributed by atoms with Crippen LogP contribution in [-0.4, -0.2) is 0 Å². The van der Waals surface area contributed by atoms with Crippen molar-refractivity contribution in [1.82, 2.24) is 0 Å². The molecule has 2 aromatic rings. The third kappa shape index (κ3) is 3.51. The standard InChI is InChI=1S/C17H19ClO/c1-3-13(2)16-6-4-5-7-17(16)19-15-10-8-14(12-18)9-11-15/h4-11,13H,3,12H2,1-2H3. The van der Waals surface area contributed by atoms with E-state index in [-0.39, 0.29) is 0 Å². The number of alkyl halides is 1. The summed E-state index contributed by atoms with van der Waals surface area (Å²) in [7, 11) is 0. The SMILES string of the molecule is CCC(C)c1ccccc1Oc1ccc(CCl)cc1. The van der Waals surface area contributed by atoms with Gasteiger partial charge in [0.1, 0.15) is 11.5 Å². The van der Waals surface area contributed by atoms with E-state index in [0.717, 1.165) is 23.5 Å². The molecular formula is C17H19ClO. The van der Waals surface area contributed by atoms with Crippen molar-refractivity contribution in [2.75, 3.05) is 0 Å². The molecule has 1 nitrogen and oxygen atoms in total. The first-order chi connectivity index (χ1) is 9.24. The lowest BCUT2D eigenvalue weighted by atomic mass is 9.98. The Morgan fingerprint density at radius 2 is 1.74 bits per heavy atom. The molecule has 0 spiro atoms. The predicted molar refractivity (Wildman–Crippen MR) is 81.2 cm³/mol. The van der Waals surface area contributed by atoms with Crippen LogP contribution in [0.15, 0.2) is 48.5 Å². The van der Waals surface area contributed by atoms with Gasteiger partial charge in [0.15, 0.2) is 0 Å². The molecule has 0 aliphatic rings. The van der Waals surface area contributed by atoms with Gasteiger partial charge in [0.05, 0.1) is 0 Å². The van der Waals surface area contributed by atoms with Gasteiger partial charge in [-0.1, -0.05) is 44.2 Å². The lowest BCUT2D eigenvalue weighted by molar-refractivity contribution is 0.470. The number of benzene rings is 2. The van der Waals surface area contributed by atoms with Gasteiger partial charge in [0.25, 0.3) is 0 Å². The van der Waals surface area contributed by atoms with Gasteiger partial charge in [-0.3, -0.25) is 0 Å². The monoisotopic (exact) mass is 274 g/mol. The van der Waals surface area contributed by atoms with Crippen LogP contribution in [0, 0.1) is 0 Å². The highest BCUT2D eigenvalue weighted by atomic mass is 35.5. The van der Waals surface area contributed by atoms with Gasteiger partial charge in [-0.05, 0) is 41.7 Å². The van der Waals surface area contributed by atoms with E-state index in [9.17, 15) is 0 Å². The van der Waals surface area contributed by atoms with E-state index in [1.54, 1.807) is 0 Å². The topological polar surface area (TPSA) is 9.23 Å². The predicted octanol–water partition coefficient (Wildman–Crippen LogP) is 5.73. The summed E-state index contributed by atoms with van der Waals surface area (Å²) in [6.07, 6.45) is 1.10. The Kier molecular flexibility index (Phi) is 4.86. The summed E-state index contributed by atoms with van der Waals surface area (Å²) in [4.78, 5) is 0. The molecule has 1 atom stereocenters. The zero-order chi connectivity index (χ0) is 13.7. The number of halogens is 1. The van der Waals surface area contributed by atoms with Crippen LogP contribution in [0.5, 0.6) is 11.5 Å². The third-order valence-corrected chi connectivity index (χ3v) is 3.68. The van der Waals surface area contributed by atoms with Gasteiger partial charge in [-0.15, -0.1) is 11.6 Å². The van der Waals surface area contributed by atoms with Crippen molar-refractivity contribution < 1.29 is 4.74 Å². The quantitative estimate of drug-likeness (QED) is 0.633. The normalized spacial score (nSPS) is 12.2. The first-order valence-electron chi connectivity index (χ1n) is 6.66. The maximum Gasteiger partial charge on any atom is 0.130 e. The van der Waals surface area contributed by atoms with Gasteiger partial charge in [0.2, 0.25) is 0 Å². The van der Waals surface area contributed by atoms with Crippen LogP contribution < -0.4 is 4.74 Å². The zero-order valence-electron chi connectivity index (χ0n) is 11.4. The van der Waals surface area contributed by atoms with Crippen LogP contribution in [0.25, 0.3) is 0 Å². The lowest BCUT2D eigenvalue weighted by Gasteiger charge is -2.15. The molecule has 0 fully saturated rings. The van der Waals surface area contributed by atoms with Crippen molar-refractivity contribution in [2.45, 2.75) is 32.1 Å². The van der Waals surface area contributed by atoms with Crippen LogP contribution in [0.1, 0.15) is 37.3 Å². The van der Waals surface area contributed by atoms with Crippen LogP contribution >= 0.6 is 11.6 Å². The molecule has 2 heteroatoms. The molecule has 2 aromatic carbocycles. The minimum absolute atomic E-state index is 0.498. The lowest BCUT2D eigenvalue weighted by Crippen LogP contribution is -1.96. The van der Waals surface area contributed by atoms with E-state index in [1.165, 1.54) is 5.56 Å². The Morgan fingerprint density at radius 1 is 1.05 bits per heavy atom. The van der Waals surface area contributed by atoms with Crippen LogP contribution in [-0.2, 0) is 5.88 Å². The van der Waals surface area contributed by atoms with Crippen molar-refractivity contribution in [3.05, 3.63) is 59.7 Å². The largest absolute Gasteiger partial charge is 0.457 e. The van der Waals surface area contributed by atoms with E-state index in [4.69, 9.17) is 16.3 Å². The first-order valence-corrected chi connectivity index (χ1v) is 7.19. The molecule has 0 radical (unpaired) electrons. The molecule has 2 rings (SSSR count). The van der Waals surface area contributed by atoms with E-state index in [1.807, 2.05) is 36.4 Å². The van der Waals surface area contributed by atoms with Gasteiger partial charge in [0, 0.05) is 5.88 Å². The van der Waals surface area contributed by atoms with Gasteiger partial charge in [-0.25, -0.2) is 0 Å². The number of rotatable bonds is 5. The van der Waals surface area contributed by atoms with Crippen molar-refractivity contribution in [2.24, 2.45) is 0 Å². The number of para-hydroxylation sites is 1. The Labute approximate surface area is 120 Å². The maximum absolute atomic E-state index is 5.99. The highest BCUT2D eigenvalue weighted by Crippen LogP contribution is 2.32. The third-order valence-electron chi connectivity index (χ3n) is 3.37. The molecule has 0 heterocycles. The summed E-state index contributed by atoms with van der Waals surface area (Å²) in [6, 6.07) is 16.1. The van der Waals surface area contributed by atoms with E-state index < -0.39 is 0 Å².